The van der Waals surface area contributed by atoms with Crippen LogP contribution in [-0.4, -0.2) is 41.9 Å². The minimum atomic E-state index is -4.40. The summed E-state index contributed by atoms with van der Waals surface area (Å²) in [6.45, 7) is 3.43. The Kier molecular flexibility index (Phi) is 7.64. The Morgan fingerprint density at radius 1 is 1.29 bits per heavy atom. The van der Waals surface area contributed by atoms with Gasteiger partial charge in [-0.25, -0.2) is 9.98 Å². The summed E-state index contributed by atoms with van der Waals surface area (Å²) in [6.07, 6.45) is -2.98. The number of halogens is 3. The second kappa shape index (κ2) is 9.74. The second-order valence-electron chi connectivity index (χ2n) is 6.21. The van der Waals surface area contributed by atoms with Crippen LogP contribution >= 0.6 is 11.3 Å². The van der Waals surface area contributed by atoms with Crippen LogP contribution in [0, 0.1) is 0 Å². The van der Waals surface area contributed by atoms with Gasteiger partial charge in [-0.05, 0) is 30.9 Å². The lowest BCUT2D eigenvalue weighted by molar-refractivity contribution is -0.154. The van der Waals surface area contributed by atoms with Gasteiger partial charge in [0, 0.05) is 23.7 Å². The van der Waals surface area contributed by atoms with Crippen molar-refractivity contribution >= 4 is 17.3 Å². The lowest BCUT2D eigenvalue weighted by Crippen LogP contribution is -2.44. The smallest absolute Gasteiger partial charge is 0.422 e. The molecule has 2 aromatic heterocycles. The number of aliphatic hydroxyl groups is 1. The van der Waals surface area contributed by atoms with Gasteiger partial charge in [-0.15, -0.1) is 11.3 Å². The molecule has 10 heteroatoms. The van der Waals surface area contributed by atoms with E-state index in [-0.39, 0.29) is 19.0 Å². The number of nitrogens with one attached hydrogen (secondary N) is 2. The van der Waals surface area contributed by atoms with Crippen LogP contribution < -0.4 is 15.4 Å². The lowest BCUT2D eigenvalue weighted by atomic mass is 10.1. The quantitative estimate of drug-likeness (QED) is 0.455. The molecule has 0 saturated heterocycles. The summed E-state index contributed by atoms with van der Waals surface area (Å²) in [7, 11) is 0. The fourth-order valence-electron chi connectivity index (χ4n) is 2.19. The molecule has 0 fully saturated rings. The van der Waals surface area contributed by atoms with Crippen molar-refractivity contribution in [1.29, 1.82) is 0 Å². The van der Waals surface area contributed by atoms with Crippen LogP contribution in [0.1, 0.15) is 24.3 Å². The number of nitrogens with zero attached hydrogens (tertiary/aromatic N) is 2. The van der Waals surface area contributed by atoms with Crippen molar-refractivity contribution in [3.63, 3.8) is 0 Å². The van der Waals surface area contributed by atoms with Crippen LogP contribution in [0.5, 0.6) is 5.88 Å². The summed E-state index contributed by atoms with van der Waals surface area (Å²) >= 11 is 1.47. The van der Waals surface area contributed by atoms with E-state index in [9.17, 15) is 18.3 Å². The summed E-state index contributed by atoms with van der Waals surface area (Å²) < 4.78 is 41.0. The molecule has 1 atom stereocenters. The van der Waals surface area contributed by atoms with Gasteiger partial charge in [0.1, 0.15) is 5.60 Å². The third-order valence-electron chi connectivity index (χ3n) is 3.60. The van der Waals surface area contributed by atoms with Crippen molar-refractivity contribution < 1.29 is 23.0 Å². The average molecular weight is 416 g/mol. The number of alkyl halides is 3. The van der Waals surface area contributed by atoms with Crippen molar-refractivity contribution in [2.24, 2.45) is 4.99 Å². The lowest BCUT2D eigenvalue weighted by Gasteiger charge is -2.23. The molecule has 2 rings (SSSR count). The zero-order valence-corrected chi connectivity index (χ0v) is 16.4. The maximum atomic E-state index is 12.1. The molecule has 2 heterocycles. The molecule has 0 amide bonds. The van der Waals surface area contributed by atoms with Gasteiger partial charge in [0.2, 0.25) is 5.88 Å². The number of rotatable bonds is 8. The molecule has 0 aliphatic rings. The highest BCUT2D eigenvalue weighted by Gasteiger charge is 2.28. The fourth-order valence-corrected chi connectivity index (χ4v) is 2.97. The molecule has 2 aromatic rings. The van der Waals surface area contributed by atoms with E-state index in [0.29, 0.717) is 18.1 Å². The van der Waals surface area contributed by atoms with E-state index in [2.05, 4.69) is 25.3 Å². The van der Waals surface area contributed by atoms with Gasteiger partial charge in [-0.1, -0.05) is 12.1 Å². The molecule has 0 aromatic carbocycles. The Balaban J connectivity index is 1.93. The first-order chi connectivity index (χ1) is 13.2. The monoisotopic (exact) mass is 416 g/mol. The molecule has 3 N–H and O–H groups in total. The Morgan fingerprint density at radius 2 is 2.07 bits per heavy atom. The van der Waals surface area contributed by atoms with Gasteiger partial charge < -0.3 is 20.5 Å². The molecule has 0 aliphatic carbocycles. The molecule has 154 valence electrons. The normalized spacial score (nSPS) is 14.4. The maximum Gasteiger partial charge on any atom is 0.422 e. The third-order valence-corrected chi connectivity index (χ3v) is 4.72. The Hall–Kier alpha value is -2.33. The van der Waals surface area contributed by atoms with Gasteiger partial charge in [0.15, 0.2) is 12.6 Å². The molecule has 0 radical (unpaired) electrons. The van der Waals surface area contributed by atoms with Crippen molar-refractivity contribution in [2.75, 3.05) is 19.7 Å². The Bertz CT molecular complexity index is 747. The summed E-state index contributed by atoms with van der Waals surface area (Å²) in [5.74, 6) is 0.416. The number of pyridine rings is 1. The van der Waals surface area contributed by atoms with E-state index in [0.717, 1.165) is 4.88 Å². The highest BCUT2D eigenvalue weighted by atomic mass is 32.1. The summed E-state index contributed by atoms with van der Waals surface area (Å²) in [5.41, 5.74) is -0.329. The molecule has 1 unspecified atom stereocenters. The van der Waals surface area contributed by atoms with Gasteiger partial charge in [0.25, 0.3) is 0 Å². The molecule has 0 spiro atoms. The van der Waals surface area contributed by atoms with Gasteiger partial charge >= 0.3 is 6.18 Å². The van der Waals surface area contributed by atoms with Crippen LogP contribution in [0.3, 0.4) is 0 Å². The summed E-state index contributed by atoms with van der Waals surface area (Å²) in [4.78, 5) is 9.10. The Labute approximate surface area is 165 Å². The fraction of sp³-hybridized carbons (Fsp3) is 0.444. The largest absolute Gasteiger partial charge is 0.468 e. The number of hydrogen-bond acceptors (Lipinski definition) is 5. The van der Waals surface area contributed by atoms with Gasteiger partial charge in [-0.2, -0.15) is 13.2 Å². The van der Waals surface area contributed by atoms with E-state index in [4.69, 9.17) is 0 Å². The second-order valence-corrected chi connectivity index (χ2v) is 7.16. The zero-order chi connectivity index (χ0) is 20.6. The summed E-state index contributed by atoms with van der Waals surface area (Å²) in [5, 5.41) is 18.7. The number of hydrogen-bond donors (Lipinski definition) is 3. The standard InChI is InChI=1S/C18H23F3N4O2S/c1-3-22-16(25-11-17(2,26)14-5-4-8-28-14)24-10-13-6-7-15(23-9-13)27-12-18(19,20)21/h4-9,26H,3,10-12H2,1-2H3,(H2,22,24,25). The van der Waals surface area contributed by atoms with Gasteiger partial charge in [-0.3, -0.25) is 0 Å². The van der Waals surface area contributed by atoms with Crippen LogP contribution in [-0.2, 0) is 12.1 Å². The van der Waals surface area contributed by atoms with Crippen LogP contribution in [0.4, 0.5) is 13.2 Å². The molecule has 0 aliphatic heterocycles. The molecule has 6 nitrogen and oxygen atoms in total. The Morgan fingerprint density at radius 3 is 2.64 bits per heavy atom. The minimum Gasteiger partial charge on any atom is -0.468 e. The van der Waals surface area contributed by atoms with Crippen LogP contribution in [0.25, 0.3) is 0 Å². The molecule has 28 heavy (non-hydrogen) atoms. The van der Waals surface area contributed by atoms with E-state index >= 15 is 0 Å². The first-order valence-corrected chi connectivity index (χ1v) is 9.50. The van der Waals surface area contributed by atoms with Gasteiger partial charge in [0.05, 0.1) is 13.1 Å². The van der Waals surface area contributed by atoms with Crippen LogP contribution in [0.2, 0.25) is 0 Å². The molecule has 0 bridgehead atoms. The zero-order valence-electron chi connectivity index (χ0n) is 15.6. The first kappa shape index (κ1) is 22.0. The van der Waals surface area contributed by atoms with E-state index in [1.807, 2.05) is 24.4 Å². The topological polar surface area (TPSA) is 78.8 Å². The predicted octanol–water partition coefficient (Wildman–Crippen LogP) is 3.05. The molecule has 0 saturated carbocycles. The molecular weight excluding hydrogens is 393 g/mol. The number of aromatic nitrogens is 1. The average Bonchev–Trinajstić information content (AvgIpc) is 3.18. The van der Waals surface area contributed by atoms with Crippen molar-refractivity contribution in [2.45, 2.75) is 32.2 Å². The molecular formula is C18H23F3N4O2S. The first-order valence-electron chi connectivity index (χ1n) is 8.62. The third kappa shape index (κ3) is 7.35. The number of ether oxygens (including phenoxy) is 1. The minimum absolute atomic E-state index is 0.0953. The number of thiophene rings is 1. The van der Waals surface area contributed by atoms with E-state index < -0.39 is 18.4 Å². The number of guanidine groups is 1. The van der Waals surface area contributed by atoms with E-state index in [1.54, 1.807) is 13.0 Å². The van der Waals surface area contributed by atoms with Crippen molar-refractivity contribution in [1.82, 2.24) is 15.6 Å². The summed E-state index contributed by atoms with van der Waals surface area (Å²) in [6, 6.07) is 6.72. The number of aliphatic imine (C=N–C) groups is 1. The van der Waals surface area contributed by atoms with Crippen LogP contribution in [0.15, 0.2) is 40.8 Å². The highest BCUT2D eigenvalue weighted by Crippen LogP contribution is 2.24. The highest BCUT2D eigenvalue weighted by molar-refractivity contribution is 7.10. The van der Waals surface area contributed by atoms with E-state index in [1.165, 1.54) is 23.6 Å². The van der Waals surface area contributed by atoms with Crippen molar-refractivity contribution in [3.05, 3.63) is 46.3 Å². The van der Waals surface area contributed by atoms with Crippen molar-refractivity contribution in [3.8, 4) is 5.88 Å². The predicted molar refractivity (Wildman–Crippen MR) is 102 cm³/mol. The maximum absolute atomic E-state index is 12.1. The SMILES string of the molecule is CCNC(=NCc1ccc(OCC(F)(F)F)nc1)NCC(C)(O)c1cccs1.